The number of hydrogen-bond donors (Lipinski definition) is 1. The Kier molecular flexibility index (Phi) is 14.4. The smallest absolute Gasteiger partial charge is 0.229 e. The van der Waals surface area contributed by atoms with Gasteiger partial charge >= 0.3 is 0 Å². The number of aromatic nitrogens is 2. The van der Waals surface area contributed by atoms with Crippen molar-refractivity contribution >= 4 is 45.0 Å². The van der Waals surface area contributed by atoms with Crippen LogP contribution in [-0.4, -0.2) is 27.8 Å². The van der Waals surface area contributed by atoms with Gasteiger partial charge in [0.15, 0.2) is 0 Å². The highest BCUT2D eigenvalue weighted by molar-refractivity contribution is 6.07. The van der Waals surface area contributed by atoms with E-state index in [2.05, 4.69) is 119 Å². The molecular formula is C54H50N4O2. The van der Waals surface area contributed by atoms with Crippen LogP contribution in [0.15, 0.2) is 207 Å². The van der Waals surface area contributed by atoms with Gasteiger partial charge in [-0.05, 0) is 73.1 Å². The molecule has 1 unspecified atom stereocenters. The predicted molar refractivity (Wildman–Crippen MR) is 247 cm³/mol. The zero-order chi connectivity index (χ0) is 41.4. The summed E-state index contributed by atoms with van der Waals surface area (Å²) in [6, 6.07) is 61.6. The van der Waals surface area contributed by atoms with E-state index in [1.807, 2.05) is 102 Å². The number of allylic oxidation sites excluding steroid dienone is 1. The average Bonchev–Trinajstić information content (AvgIpc) is 3.29. The third-order valence-corrected chi connectivity index (χ3v) is 10.6. The fourth-order valence-electron chi connectivity index (χ4n) is 7.56. The molecule has 1 N–H and O–H groups in total. The Balaban J connectivity index is 0.000000160. The number of carbonyl (C=O) groups excluding carboxylic acids is 2. The summed E-state index contributed by atoms with van der Waals surface area (Å²) in [6.07, 6.45) is 11.1. The van der Waals surface area contributed by atoms with E-state index in [4.69, 9.17) is 0 Å². The fraction of sp³-hybridized carbons (Fsp3) is 0.148. The summed E-state index contributed by atoms with van der Waals surface area (Å²) < 4.78 is 0. The fourth-order valence-corrected chi connectivity index (χ4v) is 7.56. The standard InChI is InChI=1S/C27H24N2O.C20H18N2O.C7H8/c30-26-19-25(29(26)24-15-7-13-22-14-8-16-28-27(22)24)23(17-20-9-3-1-4-10-20)18-21-11-5-2-6-12-21;23-19(14-5-4-10-16-8-2-1-3-9-16)22-18-13-6-11-17-12-7-15-21-20(17)18;1-7-5-3-2-4-6-7/h1-16,23,25H,17-19H2;1-9,11-13,15H,10,14H2,(H,22,23);2-6H,1H3/b;5-4+;. The van der Waals surface area contributed by atoms with Crippen molar-refractivity contribution in [2.24, 2.45) is 5.92 Å². The topological polar surface area (TPSA) is 75.2 Å². The molecule has 0 saturated carbocycles. The number of nitrogens with one attached hydrogen (secondary N) is 1. The molecular weight excluding hydrogens is 737 g/mol. The normalized spacial score (nSPS) is 13.3. The van der Waals surface area contributed by atoms with Gasteiger partial charge < -0.3 is 10.2 Å². The molecule has 1 aliphatic rings. The number of anilines is 2. The van der Waals surface area contributed by atoms with E-state index in [9.17, 15) is 9.59 Å². The minimum atomic E-state index is -0.0348. The van der Waals surface area contributed by atoms with Crippen molar-refractivity contribution in [1.29, 1.82) is 0 Å². The maximum atomic E-state index is 12.8. The summed E-state index contributed by atoms with van der Waals surface area (Å²) in [5, 5.41) is 5.02. The van der Waals surface area contributed by atoms with E-state index >= 15 is 0 Å². The van der Waals surface area contributed by atoms with Crippen LogP contribution in [0.5, 0.6) is 0 Å². The minimum Gasteiger partial charge on any atom is -0.324 e. The largest absolute Gasteiger partial charge is 0.324 e. The average molecular weight is 787 g/mol. The number of para-hydroxylation sites is 2. The van der Waals surface area contributed by atoms with Crippen LogP contribution in [0.25, 0.3) is 21.8 Å². The van der Waals surface area contributed by atoms with Gasteiger partial charge in [0.1, 0.15) is 0 Å². The van der Waals surface area contributed by atoms with Gasteiger partial charge in [0, 0.05) is 42.0 Å². The lowest BCUT2D eigenvalue weighted by molar-refractivity contribution is -0.125. The van der Waals surface area contributed by atoms with Gasteiger partial charge in [0.05, 0.1) is 22.4 Å². The molecule has 6 nitrogen and oxygen atoms in total. The molecule has 1 atom stereocenters. The number of nitrogens with zero attached hydrogens (tertiary/aromatic N) is 3. The molecule has 60 heavy (non-hydrogen) atoms. The van der Waals surface area contributed by atoms with Gasteiger partial charge in [-0.1, -0.05) is 175 Å². The highest BCUT2D eigenvalue weighted by Crippen LogP contribution is 2.38. The van der Waals surface area contributed by atoms with Crippen molar-refractivity contribution < 1.29 is 9.59 Å². The molecule has 0 bridgehead atoms. The highest BCUT2D eigenvalue weighted by atomic mass is 16.2. The van der Waals surface area contributed by atoms with E-state index in [1.165, 1.54) is 22.3 Å². The summed E-state index contributed by atoms with van der Waals surface area (Å²) in [4.78, 5) is 35.8. The summed E-state index contributed by atoms with van der Waals surface area (Å²) in [5.74, 6) is 0.489. The Morgan fingerprint density at radius 2 is 1.13 bits per heavy atom. The van der Waals surface area contributed by atoms with E-state index in [-0.39, 0.29) is 17.9 Å². The van der Waals surface area contributed by atoms with Crippen molar-refractivity contribution in [2.45, 2.75) is 45.1 Å². The zero-order valence-corrected chi connectivity index (χ0v) is 34.0. The number of fused-ring (bicyclic) bond motifs is 2. The van der Waals surface area contributed by atoms with Crippen molar-refractivity contribution in [3.63, 3.8) is 0 Å². The number of hydrogen-bond acceptors (Lipinski definition) is 4. The number of pyridine rings is 2. The third-order valence-electron chi connectivity index (χ3n) is 10.6. The molecule has 0 radical (unpaired) electrons. The van der Waals surface area contributed by atoms with Crippen molar-refractivity contribution in [3.8, 4) is 0 Å². The molecule has 1 fully saturated rings. The first-order chi connectivity index (χ1) is 29.5. The monoisotopic (exact) mass is 786 g/mol. The van der Waals surface area contributed by atoms with Crippen LogP contribution in [0.1, 0.15) is 35.1 Å². The number of amides is 2. The van der Waals surface area contributed by atoms with Crippen LogP contribution >= 0.6 is 0 Å². The van der Waals surface area contributed by atoms with E-state index in [1.54, 1.807) is 12.4 Å². The molecule has 2 amide bonds. The van der Waals surface area contributed by atoms with E-state index in [0.717, 1.165) is 52.4 Å². The first-order valence-corrected chi connectivity index (χ1v) is 20.6. The van der Waals surface area contributed by atoms with Gasteiger partial charge in [-0.25, -0.2) is 0 Å². The van der Waals surface area contributed by atoms with E-state index < -0.39 is 0 Å². The number of β-lactam (4-membered cyclic amide) rings is 1. The van der Waals surface area contributed by atoms with Gasteiger partial charge in [-0.3, -0.25) is 19.6 Å². The summed E-state index contributed by atoms with van der Waals surface area (Å²) >= 11 is 0. The molecule has 1 aliphatic heterocycles. The number of rotatable bonds is 11. The van der Waals surface area contributed by atoms with Gasteiger partial charge in [-0.15, -0.1) is 0 Å². The number of carbonyl (C=O) groups is 2. The zero-order valence-electron chi connectivity index (χ0n) is 34.0. The molecule has 0 aliphatic carbocycles. The van der Waals surface area contributed by atoms with Crippen LogP contribution in [0.3, 0.4) is 0 Å². The van der Waals surface area contributed by atoms with E-state index in [0.29, 0.717) is 18.8 Å². The summed E-state index contributed by atoms with van der Waals surface area (Å²) in [6.45, 7) is 2.08. The molecule has 298 valence electrons. The van der Waals surface area contributed by atoms with Gasteiger partial charge in [-0.2, -0.15) is 0 Å². The molecule has 8 aromatic rings. The first kappa shape index (κ1) is 41.0. The maximum absolute atomic E-state index is 12.8. The van der Waals surface area contributed by atoms with Crippen molar-refractivity contribution in [3.05, 3.63) is 229 Å². The Hall–Kier alpha value is -7.18. The molecule has 6 heteroatoms. The number of aryl methyl sites for hydroxylation is 1. The van der Waals surface area contributed by atoms with Crippen LogP contribution in [0.2, 0.25) is 0 Å². The second kappa shape index (κ2) is 21.0. The summed E-state index contributed by atoms with van der Waals surface area (Å²) in [7, 11) is 0. The first-order valence-electron chi connectivity index (χ1n) is 20.6. The molecule has 0 spiro atoms. The molecule has 2 aromatic heterocycles. The van der Waals surface area contributed by atoms with Crippen LogP contribution in [0, 0.1) is 12.8 Å². The summed E-state index contributed by atoms with van der Waals surface area (Å²) in [5.41, 5.74) is 8.59. The van der Waals surface area contributed by atoms with Gasteiger partial charge in [0.2, 0.25) is 11.8 Å². The molecule has 1 saturated heterocycles. The lowest BCUT2D eigenvalue weighted by Gasteiger charge is -2.45. The maximum Gasteiger partial charge on any atom is 0.229 e. The predicted octanol–water partition coefficient (Wildman–Crippen LogP) is 11.8. The quantitative estimate of drug-likeness (QED) is 0.105. The van der Waals surface area contributed by atoms with Gasteiger partial charge in [0.25, 0.3) is 0 Å². The Morgan fingerprint density at radius 3 is 1.70 bits per heavy atom. The Bertz CT molecular complexity index is 2560. The third kappa shape index (κ3) is 11.3. The molecule has 9 rings (SSSR count). The molecule has 6 aromatic carbocycles. The Labute approximate surface area is 353 Å². The van der Waals surface area contributed by atoms with Crippen LogP contribution < -0.4 is 10.2 Å². The van der Waals surface area contributed by atoms with Crippen LogP contribution in [-0.2, 0) is 28.9 Å². The number of benzene rings is 6. The second-order valence-electron chi connectivity index (χ2n) is 15.0. The highest BCUT2D eigenvalue weighted by Gasteiger charge is 2.42. The Morgan fingerprint density at radius 1 is 0.617 bits per heavy atom. The molecule has 3 heterocycles. The van der Waals surface area contributed by atoms with Crippen molar-refractivity contribution in [1.82, 2.24) is 9.97 Å². The minimum absolute atomic E-state index is 0.0348. The van der Waals surface area contributed by atoms with Crippen molar-refractivity contribution in [2.75, 3.05) is 10.2 Å². The SMILES string of the molecule is Cc1ccccc1.O=C(C/C=C/Cc1ccccc1)Nc1cccc2cccnc12.O=C1CC(C(Cc2ccccc2)Cc2ccccc2)N1c1cccc2cccnc12. The lowest BCUT2D eigenvalue weighted by Crippen LogP contribution is -2.57. The second-order valence-corrected chi connectivity index (χ2v) is 15.0. The van der Waals surface area contributed by atoms with Crippen LogP contribution in [0.4, 0.5) is 11.4 Å². The lowest BCUT2D eigenvalue weighted by atomic mass is 9.80.